The Bertz CT molecular complexity index is 911. The quantitative estimate of drug-likeness (QED) is 0.901. The van der Waals surface area contributed by atoms with Crippen molar-refractivity contribution in [3.8, 4) is 0 Å². The molecule has 1 aromatic heterocycles. The van der Waals surface area contributed by atoms with E-state index in [1.54, 1.807) is 16.5 Å². The van der Waals surface area contributed by atoms with Gasteiger partial charge in [0.05, 0.1) is 5.69 Å². The van der Waals surface area contributed by atoms with E-state index in [2.05, 4.69) is 4.72 Å². The lowest BCUT2D eigenvalue weighted by Gasteiger charge is -2.12. The van der Waals surface area contributed by atoms with Crippen molar-refractivity contribution in [2.24, 2.45) is 0 Å². The van der Waals surface area contributed by atoms with Gasteiger partial charge < -0.3 is 9.47 Å². The van der Waals surface area contributed by atoms with E-state index >= 15 is 0 Å². The number of nitrogens with zero attached hydrogens (tertiary/aromatic N) is 2. The van der Waals surface area contributed by atoms with Crippen molar-refractivity contribution in [1.82, 2.24) is 9.47 Å². The molecule has 0 atom stereocenters. The van der Waals surface area contributed by atoms with Gasteiger partial charge in [0.1, 0.15) is 16.4 Å². The molecule has 1 aromatic carbocycles. The van der Waals surface area contributed by atoms with Crippen LogP contribution in [0.2, 0.25) is 5.02 Å². The van der Waals surface area contributed by atoms with Crippen molar-refractivity contribution in [2.75, 3.05) is 18.3 Å². The van der Waals surface area contributed by atoms with Crippen molar-refractivity contribution in [2.45, 2.75) is 17.9 Å². The summed E-state index contributed by atoms with van der Waals surface area (Å²) in [6.45, 7) is 1.15. The highest BCUT2D eigenvalue weighted by Crippen LogP contribution is 2.24. The highest BCUT2D eigenvalue weighted by Gasteiger charge is 2.25. The van der Waals surface area contributed by atoms with Crippen LogP contribution in [0.5, 0.6) is 0 Å². The first-order valence-electron chi connectivity index (χ1n) is 7.21. The van der Waals surface area contributed by atoms with Gasteiger partial charge in [-0.25, -0.2) is 12.8 Å². The van der Waals surface area contributed by atoms with Crippen LogP contribution in [0, 0.1) is 5.82 Å². The highest BCUT2D eigenvalue weighted by molar-refractivity contribution is 7.92. The van der Waals surface area contributed by atoms with Crippen molar-refractivity contribution in [3.63, 3.8) is 0 Å². The summed E-state index contributed by atoms with van der Waals surface area (Å²) < 4.78 is 42.6. The molecule has 1 aliphatic heterocycles. The zero-order valence-electron chi connectivity index (χ0n) is 12.8. The largest absolute Gasteiger partial charge is 0.342 e. The van der Waals surface area contributed by atoms with Crippen LogP contribution in [0.1, 0.15) is 16.9 Å². The van der Waals surface area contributed by atoms with E-state index < -0.39 is 15.8 Å². The molecule has 1 amide bonds. The maximum Gasteiger partial charge on any atom is 0.270 e. The van der Waals surface area contributed by atoms with Gasteiger partial charge in [0.25, 0.3) is 15.9 Å². The van der Waals surface area contributed by atoms with Crippen LogP contribution in [0.3, 0.4) is 0 Å². The number of aryl methyl sites for hydroxylation is 1. The zero-order valence-corrected chi connectivity index (χ0v) is 14.4. The van der Waals surface area contributed by atoms with Gasteiger partial charge in [-0.05, 0) is 30.7 Å². The number of hydrogen-bond donors (Lipinski definition) is 1. The van der Waals surface area contributed by atoms with E-state index in [0.717, 1.165) is 12.5 Å². The number of hydrogen-bond acceptors (Lipinski definition) is 3. The van der Waals surface area contributed by atoms with Crippen LogP contribution < -0.4 is 4.72 Å². The second kappa shape index (κ2) is 6.10. The number of carbonyl (C=O) groups excluding carboxylic acids is 1. The summed E-state index contributed by atoms with van der Waals surface area (Å²) in [6, 6.07) is 4.96. The van der Waals surface area contributed by atoms with E-state index in [0.29, 0.717) is 18.8 Å². The minimum absolute atomic E-state index is 0.0875. The lowest BCUT2D eigenvalue weighted by atomic mass is 10.3. The molecule has 3 rings (SSSR count). The first-order chi connectivity index (χ1) is 11.3. The number of amides is 1. The number of rotatable bonds is 3. The maximum absolute atomic E-state index is 13.8. The first-order valence-corrected chi connectivity index (χ1v) is 9.07. The number of halogens is 2. The molecule has 0 aliphatic carbocycles. The molecule has 6 nitrogen and oxygen atoms in total. The Balaban J connectivity index is 1.95. The van der Waals surface area contributed by atoms with Crippen LogP contribution in [0.15, 0.2) is 35.4 Å². The van der Waals surface area contributed by atoms with E-state index in [1.807, 2.05) is 0 Å². The number of nitrogens with one attached hydrogen (secondary N) is 1. The van der Waals surface area contributed by atoms with Crippen LogP contribution in [0.4, 0.5) is 10.1 Å². The molecule has 128 valence electrons. The topological polar surface area (TPSA) is 71.4 Å². The van der Waals surface area contributed by atoms with E-state index in [-0.39, 0.29) is 21.5 Å². The lowest BCUT2D eigenvalue weighted by molar-refractivity contribution is 0.0796. The van der Waals surface area contributed by atoms with Gasteiger partial charge in [0.2, 0.25) is 0 Å². The molecule has 0 fully saturated rings. The van der Waals surface area contributed by atoms with Crippen LogP contribution in [0.25, 0.3) is 0 Å². The molecular formula is C15H15ClFN3O3S. The van der Waals surface area contributed by atoms with E-state index in [1.165, 1.54) is 24.4 Å². The number of aromatic nitrogens is 1. The molecular weight excluding hydrogens is 357 g/mol. The minimum atomic E-state index is -4.02. The van der Waals surface area contributed by atoms with Gasteiger partial charge in [0.15, 0.2) is 0 Å². The zero-order chi connectivity index (χ0) is 17.5. The Hall–Kier alpha value is -2.06. The van der Waals surface area contributed by atoms with Crippen LogP contribution in [-0.4, -0.2) is 37.4 Å². The third-order valence-electron chi connectivity index (χ3n) is 3.82. The van der Waals surface area contributed by atoms with Crippen LogP contribution in [-0.2, 0) is 16.6 Å². The maximum atomic E-state index is 13.8. The number of anilines is 1. The molecule has 2 heterocycles. The summed E-state index contributed by atoms with van der Waals surface area (Å²) in [4.78, 5) is 13.7. The standard InChI is InChI=1S/C15H15ClFN3O3S/c1-19-5-2-6-20-9-11(8-14(20)15(19)21)24(22,23)18-13-4-3-10(16)7-12(13)17/h3-4,7-9,18H,2,5-6H2,1H3. The number of benzene rings is 1. The average Bonchev–Trinajstić information content (AvgIpc) is 2.89. The van der Waals surface area contributed by atoms with Crippen molar-refractivity contribution >= 4 is 33.2 Å². The molecule has 0 spiro atoms. The smallest absolute Gasteiger partial charge is 0.270 e. The predicted octanol–water partition coefficient (Wildman–Crippen LogP) is 2.56. The third-order valence-corrected chi connectivity index (χ3v) is 5.38. The lowest BCUT2D eigenvalue weighted by Crippen LogP contribution is -2.26. The van der Waals surface area contributed by atoms with E-state index in [4.69, 9.17) is 11.6 Å². The second-order valence-corrected chi connectivity index (χ2v) is 7.68. The number of sulfonamides is 1. The summed E-state index contributed by atoms with van der Waals surface area (Å²) in [5, 5.41) is 0.166. The Morgan fingerprint density at radius 3 is 2.71 bits per heavy atom. The summed E-state index contributed by atoms with van der Waals surface area (Å²) >= 11 is 5.66. The molecule has 1 aliphatic rings. The van der Waals surface area contributed by atoms with Gasteiger partial charge >= 0.3 is 0 Å². The Labute approximate surface area is 143 Å². The molecule has 0 saturated heterocycles. The van der Waals surface area contributed by atoms with Gasteiger partial charge in [0, 0.05) is 31.4 Å². The van der Waals surface area contributed by atoms with Crippen molar-refractivity contribution in [3.05, 3.63) is 47.0 Å². The highest BCUT2D eigenvalue weighted by atomic mass is 35.5. The molecule has 24 heavy (non-hydrogen) atoms. The Kier molecular flexibility index (Phi) is 4.27. The second-order valence-electron chi connectivity index (χ2n) is 5.56. The monoisotopic (exact) mass is 371 g/mol. The predicted molar refractivity (Wildman–Crippen MR) is 88.2 cm³/mol. The van der Waals surface area contributed by atoms with Gasteiger partial charge in [-0.2, -0.15) is 0 Å². The van der Waals surface area contributed by atoms with Gasteiger partial charge in [-0.15, -0.1) is 0 Å². The Morgan fingerprint density at radius 1 is 1.25 bits per heavy atom. The normalized spacial score (nSPS) is 15.1. The summed E-state index contributed by atoms with van der Waals surface area (Å²) in [5.41, 5.74) is 0.0937. The van der Waals surface area contributed by atoms with Crippen molar-refractivity contribution in [1.29, 1.82) is 0 Å². The first kappa shape index (κ1) is 16.8. The molecule has 2 aromatic rings. The van der Waals surface area contributed by atoms with Crippen molar-refractivity contribution < 1.29 is 17.6 Å². The molecule has 0 bridgehead atoms. The summed E-state index contributed by atoms with van der Waals surface area (Å²) in [6.07, 6.45) is 2.12. The molecule has 9 heteroatoms. The average molecular weight is 372 g/mol. The molecule has 0 saturated carbocycles. The third kappa shape index (κ3) is 3.11. The molecule has 1 N–H and O–H groups in total. The molecule has 0 radical (unpaired) electrons. The summed E-state index contributed by atoms with van der Waals surface area (Å²) in [7, 11) is -2.35. The van der Waals surface area contributed by atoms with Gasteiger partial charge in [-0.3, -0.25) is 9.52 Å². The van der Waals surface area contributed by atoms with E-state index in [9.17, 15) is 17.6 Å². The van der Waals surface area contributed by atoms with Crippen LogP contribution >= 0.6 is 11.6 Å². The number of fused-ring (bicyclic) bond motifs is 1. The fourth-order valence-electron chi connectivity index (χ4n) is 2.55. The molecule has 0 unspecified atom stereocenters. The Morgan fingerprint density at radius 2 is 2.00 bits per heavy atom. The fourth-order valence-corrected chi connectivity index (χ4v) is 3.81. The number of carbonyl (C=O) groups is 1. The summed E-state index contributed by atoms with van der Waals surface area (Å²) in [5.74, 6) is -1.02. The fraction of sp³-hybridized carbons (Fsp3) is 0.267. The van der Waals surface area contributed by atoms with Gasteiger partial charge in [-0.1, -0.05) is 11.6 Å². The minimum Gasteiger partial charge on any atom is -0.342 e. The SMILES string of the molecule is CN1CCCn2cc(S(=O)(=O)Nc3ccc(Cl)cc3F)cc2C1=O.